The maximum atomic E-state index is 13.2. The summed E-state index contributed by atoms with van der Waals surface area (Å²) in [7, 11) is 0. The second-order valence-electron chi connectivity index (χ2n) is 3.95. The largest absolute Gasteiger partial charge is 0.322 e. The van der Waals surface area contributed by atoms with Gasteiger partial charge in [0, 0.05) is 16.4 Å². The first kappa shape index (κ1) is 14.9. The number of carbonyl (C=O) groups excluding carboxylic acids is 1. The van der Waals surface area contributed by atoms with Crippen molar-refractivity contribution in [3.05, 3.63) is 51.9 Å². The van der Waals surface area contributed by atoms with Gasteiger partial charge in [-0.15, -0.1) is 0 Å². The van der Waals surface area contributed by atoms with E-state index in [-0.39, 0.29) is 16.9 Å². The Hall–Kier alpha value is -2.50. The zero-order valence-corrected chi connectivity index (χ0v) is 12.1. The average Bonchev–Trinajstić information content (AvgIpc) is 2.49. The van der Waals surface area contributed by atoms with Crippen molar-refractivity contribution in [1.82, 2.24) is 4.98 Å². The van der Waals surface area contributed by atoms with E-state index in [1.807, 2.05) is 0 Å². The third-order valence-electron chi connectivity index (χ3n) is 2.58. The second-order valence-corrected chi connectivity index (χ2v) is 4.87. The molecule has 21 heavy (non-hydrogen) atoms. The predicted octanol–water partition coefficient (Wildman–Crippen LogP) is 2.39. The maximum Gasteiger partial charge on any atom is 0.259 e. The van der Waals surface area contributed by atoms with E-state index >= 15 is 0 Å². The van der Waals surface area contributed by atoms with Crippen molar-refractivity contribution in [2.45, 2.75) is 0 Å². The molecule has 0 spiro atoms. The van der Waals surface area contributed by atoms with Crippen LogP contribution in [0.2, 0.25) is 0 Å². The Morgan fingerprint density at radius 2 is 2.19 bits per heavy atom. The minimum Gasteiger partial charge on any atom is -0.322 e. The van der Waals surface area contributed by atoms with Crippen LogP contribution in [0, 0.1) is 17.1 Å². The minimum atomic E-state index is -0.649. The van der Waals surface area contributed by atoms with Crippen LogP contribution in [0.4, 0.5) is 15.9 Å². The predicted molar refractivity (Wildman–Crippen MR) is 78.8 cm³/mol. The Morgan fingerprint density at radius 1 is 1.43 bits per heavy atom. The fraction of sp³-hybridized carbons (Fsp3) is 0. The van der Waals surface area contributed by atoms with E-state index in [0.717, 1.165) is 6.07 Å². The Labute approximate surface area is 127 Å². The molecule has 1 aromatic carbocycles. The number of pyridine rings is 1. The van der Waals surface area contributed by atoms with Gasteiger partial charge in [0.15, 0.2) is 5.82 Å². The molecular weight excluding hydrogens is 341 g/mol. The lowest BCUT2D eigenvalue weighted by molar-refractivity contribution is 0.102. The Morgan fingerprint density at radius 3 is 2.86 bits per heavy atom. The smallest absolute Gasteiger partial charge is 0.259 e. The van der Waals surface area contributed by atoms with Gasteiger partial charge in [-0.1, -0.05) is 0 Å². The number of nitrogen functional groups attached to an aromatic ring is 1. The molecule has 6 nitrogen and oxygen atoms in total. The number of aromatic nitrogens is 1. The summed E-state index contributed by atoms with van der Waals surface area (Å²) in [5.41, 5.74) is 2.66. The Bertz CT molecular complexity index is 744. The van der Waals surface area contributed by atoms with Gasteiger partial charge in [0.2, 0.25) is 0 Å². The molecule has 0 fully saturated rings. The molecule has 2 aromatic rings. The SMILES string of the molecule is N#Cc1cc(NC(=O)c2cc(Br)cnc2NN)ccc1F. The zero-order chi connectivity index (χ0) is 15.4. The molecule has 1 heterocycles. The molecular formula is C13H9BrFN5O. The van der Waals surface area contributed by atoms with E-state index < -0.39 is 11.7 Å². The van der Waals surface area contributed by atoms with E-state index in [9.17, 15) is 9.18 Å². The number of halogens is 2. The van der Waals surface area contributed by atoms with E-state index in [2.05, 4.69) is 31.7 Å². The molecule has 0 aliphatic carbocycles. The maximum absolute atomic E-state index is 13.2. The lowest BCUT2D eigenvalue weighted by atomic mass is 10.2. The van der Waals surface area contributed by atoms with Crippen LogP contribution in [0.1, 0.15) is 15.9 Å². The summed E-state index contributed by atoms with van der Waals surface area (Å²) in [6.45, 7) is 0. The third-order valence-corrected chi connectivity index (χ3v) is 3.01. The number of rotatable bonds is 3. The van der Waals surface area contributed by atoms with Gasteiger partial charge in [-0.2, -0.15) is 5.26 Å². The van der Waals surface area contributed by atoms with Gasteiger partial charge in [0.05, 0.1) is 11.1 Å². The van der Waals surface area contributed by atoms with Crippen LogP contribution in [-0.4, -0.2) is 10.9 Å². The van der Waals surface area contributed by atoms with Crippen LogP contribution in [0.25, 0.3) is 0 Å². The third kappa shape index (κ3) is 3.34. The number of hydrogen-bond donors (Lipinski definition) is 3. The van der Waals surface area contributed by atoms with Gasteiger partial charge in [-0.3, -0.25) is 4.79 Å². The normalized spacial score (nSPS) is 9.81. The molecule has 4 N–H and O–H groups in total. The molecule has 0 aliphatic rings. The quantitative estimate of drug-likeness (QED) is 0.583. The van der Waals surface area contributed by atoms with Crippen molar-refractivity contribution in [3.8, 4) is 6.07 Å². The van der Waals surface area contributed by atoms with Crippen LogP contribution >= 0.6 is 15.9 Å². The van der Waals surface area contributed by atoms with Crippen molar-refractivity contribution in [2.75, 3.05) is 10.7 Å². The first-order valence-electron chi connectivity index (χ1n) is 5.68. The van der Waals surface area contributed by atoms with E-state index in [1.165, 1.54) is 24.4 Å². The van der Waals surface area contributed by atoms with E-state index in [4.69, 9.17) is 11.1 Å². The number of benzene rings is 1. The summed E-state index contributed by atoms with van der Waals surface area (Å²) in [6.07, 6.45) is 1.48. The van der Waals surface area contributed by atoms with E-state index in [1.54, 1.807) is 6.07 Å². The average molecular weight is 350 g/mol. The van der Waals surface area contributed by atoms with Gasteiger partial charge >= 0.3 is 0 Å². The summed E-state index contributed by atoms with van der Waals surface area (Å²) in [5, 5.41) is 11.3. The second kappa shape index (κ2) is 6.30. The molecule has 1 aromatic heterocycles. The molecule has 0 unspecified atom stereocenters. The highest BCUT2D eigenvalue weighted by Gasteiger charge is 2.14. The van der Waals surface area contributed by atoms with Crippen LogP contribution in [0.15, 0.2) is 34.9 Å². The van der Waals surface area contributed by atoms with Gasteiger partial charge in [0.1, 0.15) is 11.9 Å². The summed E-state index contributed by atoms with van der Waals surface area (Å²) in [6, 6.07) is 6.94. The summed E-state index contributed by atoms with van der Waals surface area (Å²) >= 11 is 3.21. The lowest BCUT2D eigenvalue weighted by Gasteiger charge is -2.09. The lowest BCUT2D eigenvalue weighted by Crippen LogP contribution is -2.18. The number of nitrogens with zero attached hydrogens (tertiary/aromatic N) is 2. The molecule has 0 bridgehead atoms. The standard InChI is InChI=1S/C13H9BrFN5O/c14-8-4-10(12(20-17)18-6-8)13(21)19-9-1-2-11(15)7(3-9)5-16/h1-4,6H,17H2,(H,18,20)(H,19,21). The summed E-state index contributed by atoms with van der Waals surface area (Å²) < 4.78 is 13.8. The number of nitrogens with two attached hydrogens (primary N) is 1. The topological polar surface area (TPSA) is 104 Å². The number of carbonyl (C=O) groups is 1. The molecule has 0 radical (unpaired) electrons. The number of hydrazine groups is 1. The van der Waals surface area contributed by atoms with Gasteiger partial charge in [-0.25, -0.2) is 15.2 Å². The van der Waals surface area contributed by atoms with E-state index in [0.29, 0.717) is 10.2 Å². The number of nitriles is 1. The van der Waals surface area contributed by atoms with Gasteiger partial charge in [0.25, 0.3) is 5.91 Å². The fourth-order valence-electron chi connectivity index (χ4n) is 1.61. The highest BCUT2D eigenvalue weighted by Crippen LogP contribution is 2.20. The molecule has 0 saturated carbocycles. The van der Waals surface area contributed by atoms with Crippen molar-refractivity contribution >= 4 is 33.3 Å². The highest BCUT2D eigenvalue weighted by molar-refractivity contribution is 9.10. The summed E-state index contributed by atoms with van der Waals surface area (Å²) in [5.74, 6) is 4.35. The molecule has 1 amide bonds. The molecule has 0 saturated heterocycles. The molecule has 0 atom stereocenters. The van der Waals surface area contributed by atoms with Crippen LogP contribution in [-0.2, 0) is 0 Å². The van der Waals surface area contributed by atoms with Crippen LogP contribution in [0.3, 0.4) is 0 Å². The van der Waals surface area contributed by atoms with Crippen LogP contribution in [0.5, 0.6) is 0 Å². The molecule has 0 aliphatic heterocycles. The number of anilines is 2. The number of hydrogen-bond acceptors (Lipinski definition) is 5. The first-order chi connectivity index (χ1) is 10.0. The van der Waals surface area contributed by atoms with Crippen molar-refractivity contribution in [3.63, 3.8) is 0 Å². The number of amides is 1. The van der Waals surface area contributed by atoms with Crippen LogP contribution < -0.4 is 16.6 Å². The Balaban J connectivity index is 2.30. The summed E-state index contributed by atoms with van der Waals surface area (Å²) in [4.78, 5) is 16.1. The highest BCUT2D eigenvalue weighted by atomic mass is 79.9. The molecule has 106 valence electrons. The van der Waals surface area contributed by atoms with Crippen molar-refractivity contribution in [1.29, 1.82) is 5.26 Å². The monoisotopic (exact) mass is 349 g/mol. The van der Waals surface area contributed by atoms with Gasteiger partial charge < -0.3 is 10.7 Å². The Kier molecular flexibility index (Phi) is 4.47. The van der Waals surface area contributed by atoms with Crippen molar-refractivity contribution < 1.29 is 9.18 Å². The minimum absolute atomic E-state index is 0.155. The fourth-order valence-corrected chi connectivity index (χ4v) is 1.95. The van der Waals surface area contributed by atoms with Gasteiger partial charge in [-0.05, 0) is 40.2 Å². The zero-order valence-electron chi connectivity index (χ0n) is 10.5. The molecule has 8 heteroatoms. The first-order valence-corrected chi connectivity index (χ1v) is 6.47. The van der Waals surface area contributed by atoms with Crippen molar-refractivity contribution in [2.24, 2.45) is 5.84 Å². The molecule has 2 rings (SSSR count). The number of nitrogens with one attached hydrogen (secondary N) is 2.